The fourth-order valence-corrected chi connectivity index (χ4v) is 1.34. The van der Waals surface area contributed by atoms with Crippen LogP contribution in [0.5, 0.6) is 0 Å². The van der Waals surface area contributed by atoms with Gasteiger partial charge in [-0.25, -0.2) is 4.98 Å². The van der Waals surface area contributed by atoms with Crippen LogP contribution in [0.1, 0.15) is 29.8 Å². The molecule has 0 unspecified atom stereocenters. The lowest BCUT2D eigenvalue weighted by Crippen LogP contribution is -2.40. The summed E-state index contributed by atoms with van der Waals surface area (Å²) in [5, 5.41) is 3.12. The SMILES string of the molecule is Cc1ccnc(NC(C)(C)CN)c1C(N)=O. The number of anilines is 1. The van der Waals surface area contributed by atoms with Crippen molar-refractivity contribution in [3.63, 3.8) is 0 Å². The lowest BCUT2D eigenvalue weighted by atomic mass is 10.0. The number of aryl methyl sites for hydroxylation is 1. The molecular weight excluding hydrogens is 204 g/mol. The number of hydrogen-bond donors (Lipinski definition) is 3. The Morgan fingerprint density at radius 2 is 2.19 bits per heavy atom. The highest BCUT2D eigenvalue weighted by Gasteiger charge is 2.20. The summed E-state index contributed by atoms with van der Waals surface area (Å²) in [4.78, 5) is 15.5. The number of carbonyl (C=O) groups is 1. The molecule has 0 fully saturated rings. The van der Waals surface area contributed by atoms with E-state index in [9.17, 15) is 4.79 Å². The lowest BCUT2D eigenvalue weighted by Gasteiger charge is -2.26. The maximum absolute atomic E-state index is 11.3. The molecule has 0 spiro atoms. The van der Waals surface area contributed by atoms with E-state index in [1.165, 1.54) is 0 Å². The van der Waals surface area contributed by atoms with Crippen molar-refractivity contribution >= 4 is 11.7 Å². The number of hydrogen-bond acceptors (Lipinski definition) is 4. The van der Waals surface area contributed by atoms with Crippen LogP contribution in [0.25, 0.3) is 0 Å². The molecule has 16 heavy (non-hydrogen) atoms. The van der Waals surface area contributed by atoms with Crippen molar-refractivity contribution in [2.75, 3.05) is 11.9 Å². The van der Waals surface area contributed by atoms with Gasteiger partial charge in [-0.1, -0.05) is 0 Å². The van der Waals surface area contributed by atoms with Crippen molar-refractivity contribution in [2.45, 2.75) is 26.3 Å². The number of pyridine rings is 1. The Labute approximate surface area is 95.2 Å². The first-order chi connectivity index (χ1) is 7.37. The molecule has 0 aliphatic rings. The number of carbonyl (C=O) groups excluding carboxylic acids is 1. The van der Waals surface area contributed by atoms with Crippen LogP contribution >= 0.6 is 0 Å². The zero-order valence-corrected chi connectivity index (χ0v) is 9.87. The zero-order chi connectivity index (χ0) is 12.3. The van der Waals surface area contributed by atoms with Gasteiger partial charge in [-0.3, -0.25) is 4.79 Å². The van der Waals surface area contributed by atoms with Crippen LogP contribution in [0.15, 0.2) is 12.3 Å². The largest absolute Gasteiger partial charge is 0.365 e. The summed E-state index contributed by atoms with van der Waals surface area (Å²) in [6.07, 6.45) is 1.64. The van der Waals surface area contributed by atoms with E-state index in [1.807, 2.05) is 20.8 Å². The Bertz CT molecular complexity index is 401. The van der Waals surface area contributed by atoms with Crippen molar-refractivity contribution in [3.05, 3.63) is 23.4 Å². The third-order valence-corrected chi connectivity index (χ3v) is 2.37. The molecule has 0 aliphatic carbocycles. The van der Waals surface area contributed by atoms with E-state index >= 15 is 0 Å². The number of aromatic nitrogens is 1. The molecular formula is C11H18N4O. The molecule has 0 bridgehead atoms. The lowest BCUT2D eigenvalue weighted by molar-refractivity contribution is 0.1000. The van der Waals surface area contributed by atoms with Crippen molar-refractivity contribution in [1.29, 1.82) is 0 Å². The highest BCUT2D eigenvalue weighted by molar-refractivity contribution is 5.99. The first kappa shape index (κ1) is 12.4. The minimum Gasteiger partial charge on any atom is -0.365 e. The summed E-state index contributed by atoms with van der Waals surface area (Å²) in [6, 6.07) is 1.75. The van der Waals surface area contributed by atoms with Gasteiger partial charge < -0.3 is 16.8 Å². The highest BCUT2D eigenvalue weighted by atomic mass is 16.1. The van der Waals surface area contributed by atoms with Gasteiger partial charge in [0.15, 0.2) is 0 Å². The van der Waals surface area contributed by atoms with Crippen molar-refractivity contribution in [1.82, 2.24) is 4.98 Å². The van der Waals surface area contributed by atoms with Gasteiger partial charge in [0.2, 0.25) is 0 Å². The second kappa shape index (κ2) is 4.49. The molecule has 0 saturated carbocycles. The van der Waals surface area contributed by atoms with E-state index in [0.29, 0.717) is 17.9 Å². The molecule has 0 atom stereocenters. The van der Waals surface area contributed by atoms with Crippen molar-refractivity contribution in [3.8, 4) is 0 Å². The van der Waals surface area contributed by atoms with Crippen LogP contribution < -0.4 is 16.8 Å². The smallest absolute Gasteiger partial charge is 0.252 e. The van der Waals surface area contributed by atoms with Crippen LogP contribution in [0.4, 0.5) is 5.82 Å². The Morgan fingerprint density at radius 3 is 2.69 bits per heavy atom. The van der Waals surface area contributed by atoms with Gasteiger partial charge in [0.05, 0.1) is 5.56 Å². The number of nitrogens with two attached hydrogens (primary N) is 2. The normalized spacial score (nSPS) is 11.2. The summed E-state index contributed by atoms with van der Waals surface area (Å²) < 4.78 is 0. The molecule has 5 nitrogen and oxygen atoms in total. The quantitative estimate of drug-likeness (QED) is 0.696. The molecule has 1 amide bonds. The van der Waals surface area contributed by atoms with E-state index in [2.05, 4.69) is 10.3 Å². The fraction of sp³-hybridized carbons (Fsp3) is 0.455. The second-order valence-electron chi connectivity index (χ2n) is 4.43. The van der Waals surface area contributed by atoms with Gasteiger partial charge in [-0.05, 0) is 32.4 Å². The van der Waals surface area contributed by atoms with Crippen LogP contribution in [0.2, 0.25) is 0 Å². The Balaban J connectivity index is 3.14. The Hall–Kier alpha value is -1.62. The molecule has 1 aromatic heterocycles. The third kappa shape index (κ3) is 2.70. The summed E-state index contributed by atoms with van der Waals surface area (Å²) in [5.41, 5.74) is 11.8. The number of amides is 1. The van der Waals surface area contributed by atoms with Crippen LogP contribution in [0, 0.1) is 6.92 Å². The molecule has 88 valence electrons. The number of nitrogens with one attached hydrogen (secondary N) is 1. The standard InChI is InChI=1S/C11H18N4O/c1-7-4-5-14-10(8(7)9(13)16)15-11(2,3)6-12/h4-5H,6,12H2,1-3H3,(H2,13,16)(H,14,15). The van der Waals surface area contributed by atoms with E-state index < -0.39 is 5.91 Å². The molecule has 0 aromatic carbocycles. The van der Waals surface area contributed by atoms with E-state index in [1.54, 1.807) is 12.3 Å². The minimum absolute atomic E-state index is 0.328. The van der Waals surface area contributed by atoms with E-state index in [0.717, 1.165) is 5.56 Å². The molecule has 1 aromatic rings. The predicted molar refractivity (Wildman–Crippen MR) is 64.2 cm³/mol. The average Bonchev–Trinajstić information content (AvgIpc) is 2.16. The summed E-state index contributed by atoms with van der Waals surface area (Å²) in [6.45, 7) is 6.12. The second-order valence-corrected chi connectivity index (χ2v) is 4.43. The molecule has 0 saturated heterocycles. The Morgan fingerprint density at radius 1 is 1.56 bits per heavy atom. The van der Waals surface area contributed by atoms with Crippen LogP contribution in [-0.4, -0.2) is 23.0 Å². The predicted octanol–water partition coefficient (Wildman–Crippen LogP) is 0.638. The summed E-state index contributed by atoms with van der Waals surface area (Å²) in [7, 11) is 0. The van der Waals surface area contributed by atoms with Crippen molar-refractivity contribution < 1.29 is 4.79 Å². The van der Waals surface area contributed by atoms with Gasteiger partial charge in [-0.15, -0.1) is 0 Å². The Kier molecular flexibility index (Phi) is 3.49. The molecule has 1 rings (SSSR count). The number of rotatable bonds is 4. The third-order valence-electron chi connectivity index (χ3n) is 2.37. The van der Waals surface area contributed by atoms with Crippen molar-refractivity contribution in [2.24, 2.45) is 11.5 Å². The maximum Gasteiger partial charge on any atom is 0.252 e. The maximum atomic E-state index is 11.3. The van der Waals surface area contributed by atoms with E-state index in [4.69, 9.17) is 11.5 Å². The molecule has 5 heteroatoms. The molecule has 0 radical (unpaired) electrons. The first-order valence-electron chi connectivity index (χ1n) is 5.11. The fourth-order valence-electron chi connectivity index (χ4n) is 1.34. The average molecular weight is 222 g/mol. The van der Waals surface area contributed by atoms with E-state index in [-0.39, 0.29) is 5.54 Å². The van der Waals surface area contributed by atoms with Gasteiger partial charge in [0.25, 0.3) is 5.91 Å². The van der Waals surface area contributed by atoms with Gasteiger partial charge in [0, 0.05) is 18.3 Å². The molecule has 1 heterocycles. The molecule has 5 N–H and O–H groups in total. The van der Waals surface area contributed by atoms with Crippen LogP contribution in [-0.2, 0) is 0 Å². The molecule has 0 aliphatic heterocycles. The minimum atomic E-state index is -0.485. The van der Waals surface area contributed by atoms with Crippen LogP contribution in [0.3, 0.4) is 0 Å². The number of primary amides is 1. The topological polar surface area (TPSA) is 94.0 Å². The first-order valence-corrected chi connectivity index (χ1v) is 5.11. The van der Waals surface area contributed by atoms with Gasteiger partial charge in [0.1, 0.15) is 5.82 Å². The number of nitrogens with zero attached hydrogens (tertiary/aromatic N) is 1. The van der Waals surface area contributed by atoms with Gasteiger partial charge in [-0.2, -0.15) is 0 Å². The van der Waals surface area contributed by atoms with Gasteiger partial charge >= 0.3 is 0 Å². The summed E-state index contributed by atoms with van der Waals surface area (Å²) in [5.74, 6) is 0.00358. The monoisotopic (exact) mass is 222 g/mol. The zero-order valence-electron chi connectivity index (χ0n) is 9.87. The highest BCUT2D eigenvalue weighted by Crippen LogP contribution is 2.19. The summed E-state index contributed by atoms with van der Waals surface area (Å²) >= 11 is 0.